The van der Waals surface area contributed by atoms with Gasteiger partial charge in [0.25, 0.3) is 0 Å². The zero-order valence-corrected chi connectivity index (χ0v) is 17.9. The summed E-state index contributed by atoms with van der Waals surface area (Å²) in [5, 5.41) is 20.5. The number of hydrogen-bond acceptors (Lipinski definition) is 7. The van der Waals surface area contributed by atoms with Gasteiger partial charge in [0.05, 0.1) is 18.0 Å². The summed E-state index contributed by atoms with van der Waals surface area (Å²) < 4.78 is 0. The van der Waals surface area contributed by atoms with Crippen LogP contribution in [-0.4, -0.2) is 42.5 Å². The van der Waals surface area contributed by atoms with Crippen LogP contribution in [0.2, 0.25) is 0 Å². The maximum absolute atomic E-state index is 12.3. The van der Waals surface area contributed by atoms with E-state index in [9.17, 15) is 4.79 Å². The summed E-state index contributed by atoms with van der Waals surface area (Å²) in [6.07, 6.45) is 0. The average molecular weight is 435 g/mol. The molecule has 0 fully saturated rings. The van der Waals surface area contributed by atoms with Crippen molar-refractivity contribution in [3.63, 3.8) is 0 Å². The maximum Gasteiger partial charge on any atom is 0.323 e. The number of carbonyl (C=O) groups excluding carboxylic acids is 1. The molecule has 0 spiro atoms. The number of hydrogen-bond donors (Lipinski definition) is 6. The van der Waals surface area contributed by atoms with Crippen LogP contribution in [0.4, 0.5) is 16.2 Å². The standard InChI is InChI=1S/C21H26N10O/c1-13(28-30-19(22)23)15-3-7-17(8-4-15)26-21(32)27-18-9-5-16(6-10-18)14(2)29-31-20-24-11-12-25-20/h3-10H,11-12H2,1-2H3,(H4,22,23,30)(H2,24,25,31)(H2,26,27,32)/b28-13-,29-14-. The number of carbonyl (C=O) groups is 1. The van der Waals surface area contributed by atoms with Gasteiger partial charge in [0.2, 0.25) is 11.9 Å². The lowest BCUT2D eigenvalue weighted by molar-refractivity contribution is 0.262. The molecule has 0 saturated carbocycles. The van der Waals surface area contributed by atoms with E-state index in [1.54, 1.807) is 19.1 Å². The van der Waals surface area contributed by atoms with Crippen molar-refractivity contribution in [2.45, 2.75) is 13.8 Å². The van der Waals surface area contributed by atoms with Gasteiger partial charge in [0.15, 0.2) is 0 Å². The minimum absolute atomic E-state index is 0.109. The van der Waals surface area contributed by atoms with E-state index in [0.29, 0.717) is 23.0 Å². The lowest BCUT2D eigenvalue weighted by Gasteiger charge is -2.09. The van der Waals surface area contributed by atoms with Crippen molar-refractivity contribution in [2.75, 3.05) is 23.7 Å². The van der Waals surface area contributed by atoms with Crippen molar-refractivity contribution < 1.29 is 4.79 Å². The van der Waals surface area contributed by atoms with E-state index < -0.39 is 0 Å². The van der Waals surface area contributed by atoms with Gasteiger partial charge in [-0.1, -0.05) is 24.3 Å². The number of nitrogens with zero attached hydrogens (tertiary/aromatic N) is 4. The molecule has 1 aliphatic heterocycles. The zero-order valence-electron chi connectivity index (χ0n) is 17.9. The van der Waals surface area contributed by atoms with E-state index >= 15 is 0 Å². The molecule has 1 heterocycles. The Morgan fingerprint density at radius 3 is 1.97 bits per heavy atom. The molecular formula is C21H26N10O. The molecule has 3 rings (SSSR count). The van der Waals surface area contributed by atoms with Gasteiger partial charge < -0.3 is 27.4 Å². The van der Waals surface area contributed by atoms with Gasteiger partial charge in [-0.3, -0.25) is 0 Å². The maximum atomic E-state index is 12.3. The van der Waals surface area contributed by atoms with Crippen molar-refractivity contribution in [1.29, 1.82) is 0 Å². The van der Waals surface area contributed by atoms with Crippen LogP contribution in [0.25, 0.3) is 0 Å². The predicted molar refractivity (Wildman–Crippen MR) is 129 cm³/mol. The second-order valence-corrected chi connectivity index (χ2v) is 6.91. The quantitative estimate of drug-likeness (QED) is 0.230. The summed E-state index contributed by atoms with van der Waals surface area (Å²) >= 11 is 0. The lowest BCUT2D eigenvalue weighted by Crippen LogP contribution is -2.30. The van der Waals surface area contributed by atoms with E-state index in [1.165, 1.54) is 0 Å². The van der Waals surface area contributed by atoms with Crippen LogP contribution < -0.4 is 32.8 Å². The molecule has 32 heavy (non-hydrogen) atoms. The summed E-state index contributed by atoms with van der Waals surface area (Å²) in [5.41, 5.74) is 17.9. The Bertz CT molecular complexity index is 1060. The van der Waals surface area contributed by atoms with Crippen LogP contribution in [0.15, 0.2) is 68.8 Å². The third-order valence-electron chi connectivity index (χ3n) is 4.44. The number of rotatable bonds is 6. The molecule has 0 saturated heterocycles. The second-order valence-electron chi connectivity index (χ2n) is 6.91. The summed E-state index contributed by atoms with van der Waals surface area (Å²) in [5.74, 6) is 0.561. The van der Waals surface area contributed by atoms with Gasteiger partial charge >= 0.3 is 6.03 Å². The molecule has 0 unspecified atom stereocenters. The van der Waals surface area contributed by atoms with Crippen LogP contribution >= 0.6 is 0 Å². The molecule has 0 radical (unpaired) electrons. The first-order chi connectivity index (χ1) is 15.4. The molecular weight excluding hydrogens is 408 g/mol. The first kappa shape index (κ1) is 22.3. The topological polar surface area (TPSA) is 167 Å². The molecule has 1 aliphatic rings. The third-order valence-corrected chi connectivity index (χ3v) is 4.44. The number of nitrogens with one attached hydrogen (secondary N) is 4. The SMILES string of the molecule is C/C(=N/N=C(N)N)c1ccc(NC(=O)Nc2ccc(/C(C)=N\NC3=NCCN3)cc2)cc1. The normalized spacial score (nSPS) is 13.6. The van der Waals surface area contributed by atoms with Gasteiger partial charge in [-0.25, -0.2) is 15.2 Å². The summed E-state index contributed by atoms with van der Waals surface area (Å²) in [6, 6.07) is 14.2. The van der Waals surface area contributed by atoms with Crippen molar-refractivity contribution in [3.8, 4) is 0 Å². The molecule has 166 valence electrons. The van der Waals surface area contributed by atoms with Gasteiger partial charge in [0, 0.05) is 17.9 Å². The monoisotopic (exact) mass is 434 g/mol. The molecule has 2 amide bonds. The number of nitrogens with two attached hydrogens (primary N) is 2. The first-order valence-corrected chi connectivity index (χ1v) is 9.91. The number of benzene rings is 2. The number of guanidine groups is 2. The molecule has 2 aromatic carbocycles. The average Bonchev–Trinajstić information content (AvgIpc) is 3.30. The number of urea groups is 1. The van der Waals surface area contributed by atoms with Gasteiger partial charge in [0.1, 0.15) is 0 Å². The Balaban J connectivity index is 1.54. The van der Waals surface area contributed by atoms with E-state index in [0.717, 1.165) is 29.9 Å². The molecule has 11 heteroatoms. The Labute approximate surface area is 185 Å². The number of amides is 2. The van der Waals surface area contributed by atoms with E-state index in [1.807, 2.05) is 43.3 Å². The molecule has 0 aliphatic carbocycles. The summed E-state index contributed by atoms with van der Waals surface area (Å²) in [6.45, 7) is 5.24. The Morgan fingerprint density at radius 2 is 1.47 bits per heavy atom. The molecule has 0 aromatic heterocycles. The highest BCUT2D eigenvalue weighted by Crippen LogP contribution is 2.13. The zero-order chi connectivity index (χ0) is 22.9. The van der Waals surface area contributed by atoms with Crippen LogP contribution in [0.3, 0.4) is 0 Å². The van der Waals surface area contributed by atoms with Crippen LogP contribution in [0, 0.1) is 0 Å². The van der Waals surface area contributed by atoms with E-state index in [2.05, 4.69) is 41.7 Å². The Morgan fingerprint density at radius 1 is 0.906 bits per heavy atom. The van der Waals surface area contributed by atoms with Crippen molar-refractivity contribution >= 4 is 40.7 Å². The fourth-order valence-corrected chi connectivity index (χ4v) is 2.75. The molecule has 0 bridgehead atoms. The smallest absolute Gasteiger partial charge is 0.323 e. The minimum atomic E-state index is -0.353. The van der Waals surface area contributed by atoms with E-state index in [4.69, 9.17) is 11.5 Å². The molecule has 2 aromatic rings. The first-order valence-electron chi connectivity index (χ1n) is 9.91. The lowest BCUT2D eigenvalue weighted by atomic mass is 10.1. The summed E-state index contributed by atoms with van der Waals surface area (Å²) in [4.78, 5) is 16.5. The number of aliphatic imine (C=N–C) groups is 1. The van der Waals surface area contributed by atoms with Crippen molar-refractivity contribution in [2.24, 2.45) is 31.8 Å². The van der Waals surface area contributed by atoms with Gasteiger partial charge in [-0.05, 0) is 49.2 Å². The number of anilines is 2. The molecule has 11 nitrogen and oxygen atoms in total. The second kappa shape index (κ2) is 10.6. The minimum Gasteiger partial charge on any atom is -0.369 e. The molecule has 8 N–H and O–H groups in total. The van der Waals surface area contributed by atoms with Crippen molar-refractivity contribution in [1.82, 2.24) is 10.7 Å². The van der Waals surface area contributed by atoms with Gasteiger partial charge in [-0.2, -0.15) is 10.2 Å². The third kappa shape index (κ3) is 6.55. The van der Waals surface area contributed by atoms with Crippen LogP contribution in [-0.2, 0) is 0 Å². The predicted octanol–water partition coefficient (Wildman–Crippen LogP) is 1.60. The Kier molecular flexibility index (Phi) is 7.36. The summed E-state index contributed by atoms with van der Waals surface area (Å²) in [7, 11) is 0. The fraction of sp³-hybridized carbons (Fsp3) is 0.190. The highest BCUT2D eigenvalue weighted by atomic mass is 16.2. The van der Waals surface area contributed by atoms with Gasteiger partial charge in [-0.15, -0.1) is 5.10 Å². The van der Waals surface area contributed by atoms with Crippen LogP contribution in [0.1, 0.15) is 25.0 Å². The van der Waals surface area contributed by atoms with Crippen molar-refractivity contribution in [3.05, 3.63) is 59.7 Å². The highest BCUT2D eigenvalue weighted by molar-refractivity contribution is 6.03. The largest absolute Gasteiger partial charge is 0.369 e. The highest BCUT2D eigenvalue weighted by Gasteiger charge is 2.06. The van der Waals surface area contributed by atoms with E-state index in [-0.39, 0.29) is 12.0 Å². The van der Waals surface area contributed by atoms with Crippen LogP contribution in [0.5, 0.6) is 0 Å². The number of hydrazone groups is 1. The Hall–Kier alpha value is -4.41. The molecule has 0 atom stereocenters. The fourth-order valence-electron chi connectivity index (χ4n) is 2.75.